The number of H-pyrrole nitrogens is 1. The van der Waals surface area contributed by atoms with Gasteiger partial charge in [-0.15, -0.1) is 5.10 Å². The number of nitrogens with two attached hydrogens (primary N) is 1. The average molecular weight is 246 g/mol. The number of hydrogen-bond acceptors (Lipinski definition) is 5. The van der Waals surface area contributed by atoms with E-state index < -0.39 is 0 Å². The molecule has 1 amide bonds. The fourth-order valence-corrected chi connectivity index (χ4v) is 1.41. The van der Waals surface area contributed by atoms with Crippen LogP contribution in [-0.2, 0) is 6.42 Å². The van der Waals surface area contributed by atoms with Crippen LogP contribution in [0.25, 0.3) is 0 Å². The normalized spacial score (nSPS) is 10.3. The minimum absolute atomic E-state index is 0.121. The molecule has 7 nitrogen and oxygen atoms in total. The largest absolute Gasteiger partial charge is 0.384 e. The van der Waals surface area contributed by atoms with Crippen LogP contribution in [0.2, 0.25) is 0 Å². The molecule has 0 aliphatic rings. The van der Waals surface area contributed by atoms with E-state index in [1.54, 1.807) is 12.1 Å². The number of carbonyl (C=O) groups excluding carboxylic acids is 1. The van der Waals surface area contributed by atoms with Crippen molar-refractivity contribution in [3.63, 3.8) is 0 Å². The van der Waals surface area contributed by atoms with Crippen molar-refractivity contribution in [2.45, 2.75) is 19.8 Å². The molecule has 0 aromatic carbocycles. The number of nitrogens with one attached hydrogen (secondary N) is 2. The van der Waals surface area contributed by atoms with E-state index >= 15 is 0 Å². The van der Waals surface area contributed by atoms with Crippen LogP contribution in [0.5, 0.6) is 0 Å². The molecule has 7 heteroatoms. The van der Waals surface area contributed by atoms with E-state index in [-0.39, 0.29) is 11.7 Å². The van der Waals surface area contributed by atoms with Gasteiger partial charge in [0, 0.05) is 6.42 Å². The SMILES string of the molecule is CCCc1nc(C(=O)Nc2ccc(N)nc2)n[nH]1. The zero-order valence-electron chi connectivity index (χ0n) is 9.97. The second-order valence-electron chi connectivity index (χ2n) is 3.78. The predicted octanol–water partition coefficient (Wildman–Crippen LogP) is 0.987. The Morgan fingerprint density at radius 3 is 3.00 bits per heavy atom. The number of nitrogen functional groups attached to an aromatic ring is 1. The van der Waals surface area contributed by atoms with Crippen LogP contribution in [0, 0.1) is 0 Å². The molecule has 2 rings (SSSR count). The van der Waals surface area contributed by atoms with Gasteiger partial charge in [-0.05, 0) is 18.6 Å². The van der Waals surface area contributed by atoms with Crippen molar-refractivity contribution in [1.29, 1.82) is 0 Å². The summed E-state index contributed by atoms with van der Waals surface area (Å²) in [6.07, 6.45) is 3.19. The second kappa shape index (κ2) is 5.26. The highest BCUT2D eigenvalue weighted by atomic mass is 16.2. The summed E-state index contributed by atoms with van der Waals surface area (Å²) in [7, 11) is 0. The molecule has 0 saturated carbocycles. The van der Waals surface area contributed by atoms with Gasteiger partial charge in [0.1, 0.15) is 11.6 Å². The third-order valence-electron chi connectivity index (χ3n) is 2.27. The van der Waals surface area contributed by atoms with Crippen LogP contribution in [0.4, 0.5) is 11.5 Å². The lowest BCUT2D eigenvalue weighted by Crippen LogP contribution is -2.14. The number of aromatic nitrogens is 4. The summed E-state index contributed by atoms with van der Waals surface area (Å²) >= 11 is 0. The van der Waals surface area contributed by atoms with E-state index in [1.807, 2.05) is 6.92 Å². The molecule has 94 valence electrons. The van der Waals surface area contributed by atoms with Gasteiger partial charge in [-0.2, -0.15) is 0 Å². The van der Waals surface area contributed by atoms with Crippen LogP contribution in [0.3, 0.4) is 0 Å². The van der Waals surface area contributed by atoms with Crippen LogP contribution < -0.4 is 11.1 Å². The summed E-state index contributed by atoms with van der Waals surface area (Å²) in [5, 5.41) is 9.22. The van der Waals surface area contributed by atoms with Crippen LogP contribution in [-0.4, -0.2) is 26.1 Å². The van der Waals surface area contributed by atoms with Crippen LogP contribution >= 0.6 is 0 Å². The van der Waals surface area contributed by atoms with Gasteiger partial charge in [0.05, 0.1) is 11.9 Å². The molecule has 0 bridgehead atoms. The number of carbonyl (C=O) groups is 1. The molecule has 0 radical (unpaired) electrons. The predicted molar refractivity (Wildman–Crippen MR) is 67.0 cm³/mol. The zero-order chi connectivity index (χ0) is 13.0. The lowest BCUT2D eigenvalue weighted by molar-refractivity contribution is 0.101. The standard InChI is InChI=1S/C11H14N6O/c1-2-3-9-15-10(17-16-9)11(18)14-7-4-5-8(12)13-6-7/h4-6H,2-3H2,1H3,(H2,12,13)(H,14,18)(H,15,16,17). The molecule has 2 aromatic rings. The van der Waals surface area contributed by atoms with E-state index in [9.17, 15) is 4.79 Å². The minimum atomic E-state index is -0.375. The van der Waals surface area contributed by atoms with Crippen molar-refractivity contribution in [1.82, 2.24) is 20.2 Å². The molecule has 2 heterocycles. The van der Waals surface area contributed by atoms with Crippen molar-refractivity contribution < 1.29 is 4.79 Å². The quantitative estimate of drug-likeness (QED) is 0.745. The fraction of sp³-hybridized carbons (Fsp3) is 0.273. The highest BCUT2D eigenvalue weighted by Crippen LogP contribution is 2.08. The molecule has 4 N–H and O–H groups in total. The number of amides is 1. The summed E-state index contributed by atoms with van der Waals surface area (Å²) in [6, 6.07) is 3.27. The highest BCUT2D eigenvalue weighted by Gasteiger charge is 2.12. The van der Waals surface area contributed by atoms with Crippen molar-refractivity contribution in [3.8, 4) is 0 Å². The molecule has 0 saturated heterocycles. The number of anilines is 2. The van der Waals surface area contributed by atoms with Crippen LogP contribution in [0.1, 0.15) is 29.8 Å². The van der Waals surface area contributed by atoms with Gasteiger partial charge in [0.15, 0.2) is 0 Å². The van der Waals surface area contributed by atoms with Crippen molar-refractivity contribution in [2.24, 2.45) is 0 Å². The number of pyridine rings is 1. The second-order valence-corrected chi connectivity index (χ2v) is 3.78. The Balaban J connectivity index is 2.04. The molecule has 0 fully saturated rings. The Kier molecular flexibility index (Phi) is 3.52. The Morgan fingerprint density at radius 1 is 1.50 bits per heavy atom. The molecular weight excluding hydrogens is 232 g/mol. The van der Waals surface area contributed by atoms with Crippen molar-refractivity contribution in [3.05, 3.63) is 30.0 Å². The minimum Gasteiger partial charge on any atom is -0.384 e. The van der Waals surface area contributed by atoms with Gasteiger partial charge in [0.25, 0.3) is 5.91 Å². The maximum Gasteiger partial charge on any atom is 0.295 e. The number of aryl methyl sites for hydroxylation is 1. The number of nitrogens with zero attached hydrogens (tertiary/aromatic N) is 3. The van der Waals surface area contributed by atoms with Gasteiger partial charge in [0.2, 0.25) is 5.82 Å². The van der Waals surface area contributed by atoms with Crippen molar-refractivity contribution >= 4 is 17.4 Å². The summed E-state index contributed by atoms with van der Waals surface area (Å²) in [4.78, 5) is 19.8. The summed E-state index contributed by atoms with van der Waals surface area (Å²) in [6.45, 7) is 2.03. The first kappa shape index (κ1) is 12.0. The summed E-state index contributed by atoms with van der Waals surface area (Å²) in [5.41, 5.74) is 6.00. The van der Waals surface area contributed by atoms with E-state index in [0.717, 1.165) is 12.8 Å². The first-order valence-corrected chi connectivity index (χ1v) is 5.63. The third kappa shape index (κ3) is 2.82. The Morgan fingerprint density at radius 2 is 2.33 bits per heavy atom. The third-order valence-corrected chi connectivity index (χ3v) is 2.27. The molecular formula is C11H14N6O. The lowest BCUT2D eigenvalue weighted by Gasteiger charge is -2.01. The topological polar surface area (TPSA) is 110 Å². The molecule has 0 atom stereocenters. The van der Waals surface area contributed by atoms with E-state index in [2.05, 4.69) is 25.5 Å². The lowest BCUT2D eigenvalue weighted by atomic mass is 10.3. The van der Waals surface area contributed by atoms with Gasteiger partial charge in [-0.1, -0.05) is 6.92 Å². The molecule has 2 aromatic heterocycles. The average Bonchev–Trinajstić information content (AvgIpc) is 2.81. The molecule has 0 aliphatic heterocycles. The summed E-state index contributed by atoms with van der Waals surface area (Å²) < 4.78 is 0. The zero-order valence-corrected chi connectivity index (χ0v) is 9.97. The number of hydrogen-bond donors (Lipinski definition) is 3. The molecule has 18 heavy (non-hydrogen) atoms. The van der Waals surface area contributed by atoms with E-state index in [4.69, 9.17) is 5.73 Å². The first-order valence-electron chi connectivity index (χ1n) is 5.63. The number of rotatable bonds is 4. The first-order chi connectivity index (χ1) is 8.69. The molecule has 0 spiro atoms. The number of aromatic amines is 1. The van der Waals surface area contributed by atoms with Gasteiger partial charge >= 0.3 is 0 Å². The van der Waals surface area contributed by atoms with Crippen molar-refractivity contribution in [2.75, 3.05) is 11.1 Å². The smallest absolute Gasteiger partial charge is 0.295 e. The Labute approximate surface area is 104 Å². The van der Waals surface area contributed by atoms with E-state index in [0.29, 0.717) is 17.3 Å². The Bertz CT molecular complexity index is 533. The van der Waals surface area contributed by atoms with Gasteiger partial charge in [-0.25, -0.2) is 9.97 Å². The van der Waals surface area contributed by atoms with Crippen LogP contribution in [0.15, 0.2) is 18.3 Å². The highest BCUT2D eigenvalue weighted by molar-refractivity contribution is 6.01. The monoisotopic (exact) mass is 246 g/mol. The Hall–Kier alpha value is -2.44. The maximum atomic E-state index is 11.8. The summed E-state index contributed by atoms with van der Waals surface area (Å²) in [5.74, 6) is 0.852. The maximum absolute atomic E-state index is 11.8. The molecule has 0 unspecified atom stereocenters. The van der Waals surface area contributed by atoms with Gasteiger partial charge in [-0.3, -0.25) is 9.89 Å². The van der Waals surface area contributed by atoms with E-state index in [1.165, 1.54) is 6.20 Å². The fourth-order valence-electron chi connectivity index (χ4n) is 1.41. The molecule has 0 aliphatic carbocycles. The van der Waals surface area contributed by atoms with Gasteiger partial charge < -0.3 is 11.1 Å².